The molecule has 2 nitrogen and oxygen atoms in total. The molecular weight excluding hydrogens is 104 g/mol. The Labute approximate surface area is 49.6 Å². The van der Waals surface area contributed by atoms with Gasteiger partial charge in [-0.3, -0.25) is 0 Å². The standard InChI is InChI=1S/C6H8O2.H2/c1-2-3-4-5-6(7)8;/h2-5H,1H3,(H,7,8);1H. The van der Waals surface area contributed by atoms with Crippen LogP contribution >= 0.6 is 0 Å². The molecule has 0 aromatic carbocycles. The molecule has 8 heavy (non-hydrogen) atoms. The first-order chi connectivity index (χ1) is 3.77. The highest BCUT2D eigenvalue weighted by atomic mass is 16.4. The Kier molecular flexibility index (Phi) is 3.58. The predicted molar refractivity (Wildman–Crippen MR) is 33.7 cm³/mol. The van der Waals surface area contributed by atoms with E-state index in [2.05, 4.69) is 0 Å². The molecule has 0 rings (SSSR count). The summed E-state index contributed by atoms with van der Waals surface area (Å²) in [4.78, 5) is 9.75. The van der Waals surface area contributed by atoms with Gasteiger partial charge in [-0.1, -0.05) is 18.2 Å². The van der Waals surface area contributed by atoms with Gasteiger partial charge in [-0.05, 0) is 6.92 Å². The maximum atomic E-state index is 9.75. The molecule has 1 N–H and O–H groups in total. The SMILES string of the molecule is CC=CC=CC(=O)O.[HH]. The van der Waals surface area contributed by atoms with E-state index in [4.69, 9.17) is 5.11 Å². The van der Waals surface area contributed by atoms with E-state index in [1.165, 1.54) is 6.08 Å². The zero-order valence-corrected chi connectivity index (χ0v) is 4.66. The zero-order chi connectivity index (χ0) is 6.41. The lowest BCUT2D eigenvalue weighted by Gasteiger charge is -1.72. The monoisotopic (exact) mass is 114 g/mol. The van der Waals surface area contributed by atoms with Gasteiger partial charge in [-0.15, -0.1) is 0 Å². The Morgan fingerprint density at radius 1 is 1.62 bits per heavy atom. The number of aliphatic carboxylic acids is 1. The van der Waals surface area contributed by atoms with Crippen LogP contribution in [0.5, 0.6) is 0 Å². The summed E-state index contributed by atoms with van der Waals surface area (Å²) >= 11 is 0. The van der Waals surface area contributed by atoms with Crippen LogP contribution in [0.4, 0.5) is 0 Å². The van der Waals surface area contributed by atoms with Crippen LogP contribution in [0.3, 0.4) is 0 Å². The first kappa shape index (κ1) is 6.95. The van der Waals surface area contributed by atoms with Gasteiger partial charge in [0.15, 0.2) is 0 Å². The lowest BCUT2D eigenvalue weighted by Crippen LogP contribution is -1.83. The molecule has 0 saturated carbocycles. The first-order valence-corrected chi connectivity index (χ1v) is 2.29. The maximum absolute atomic E-state index is 9.75. The fourth-order valence-corrected chi connectivity index (χ4v) is 0.249. The van der Waals surface area contributed by atoms with Crippen LogP contribution in [0.15, 0.2) is 24.3 Å². The van der Waals surface area contributed by atoms with Gasteiger partial charge in [0.05, 0.1) is 0 Å². The molecule has 0 aliphatic carbocycles. The summed E-state index contributed by atoms with van der Waals surface area (Å²) in [5, 5.41) is 8.02. The Balaban J connectivity index is 0. The van der Waals surface area contributed by atoms with Crippen molar-refractivity contribution in [3.05, 3.63) is 24.3 Å². The van der Waals surface area contributed by atoms with E-state index in [1.807, 2.05) is 6.92 Å². The fourth-order valence-electron chi connectivity index (χ4n) is 0.249. The number of allylic oxidation sites excluding steroid dienone is 3. The molecule has 0 heterocycles. The van der Waals surface area contributed by atoms with Gasteiger partial charge in [0, 0.05) is 7.50 Å². The van der Waals surface area contributed by atoms with E-state index < -0.39 is 5.97 Å². The van der Waals surface area contributed by atoms with E-state index >= 15 is 0 Å². The van der Waals surface area contributed by atoms with Crippen molar-refractivity contribution in [3.63, 3.8) is 0 Å². The lowest BCUT2D eigenvalue weighted by atomic mass is 10.4. The van der Waals surface area contributed by atoms with E-state index in [0.29, 0.717) is 0 Å². The molecule has 0 fully saturated rings. The van der Waals surface area contributed by atoms with E-state index in [-0.39, 0.29) is 1.43 Å². The maximum Gasteiger partial charge on any atom is 0.328 e. The lowest BCUT2D eigenvalue weighted by molar-refractivity contribution is -0.131. The van der Waals surface area contributed by atoms with Crippen molar-refractivity contribution in [1.82, 2.24) is 0 Å². The van der Waals surface area contributed by atoms with E-state index in [0.717, 1.165) is 6.08 Å². The fraction of sp³-hybridized carbons (Fsp3) is 0.167. The highest BCUT2D eigenvalue weighted by molar-refractivity contribution is 5.80. The average molecular weight is 114 g/mol. The zero-order valence-electron chi connectivity index (χ0n) is 4.66. The van der Waals surface area contributed by atoms with E-state index in [1.54, 1.807) is 12.2 Å². The van der Waals surface area contributed by atoms with Crippen LogP contribution in [-0.4, -0.2) is 11.1 Å². The van der Waals surface area contributed by atoms with Crippen molar-refractivity contribution in [2.45, 2.75) is 6.92 Å². The van der Waals surface area contributed by atoms with Gasteiger partial charge in [0.1, 0.15) is 0 Å². The van der Waals surface area contributed by atoms with Crippen molar-refractivity contribution in [1.29, 1.82) is 0 Å². The average Bonchev–Trinajstić information content (AvgIpc) is 1.66. The van der Waals surface area contributed by atoms with E-state index in [9.17, 15) is 4.79 Å². The van der Waals surface area contributed by atoms with Crippen LogP contribution in [0.25, 0.3) is 0 Å². The smallest absolute Gasteiger partial charge is 0.328 e. The highest BCUT2D eigenvalue weighted by Gasteiger charge is 1.78. The summed E-state index contributed by atoms with van der Waals surface area (Å²) in [7, 11) is 0. The molecule has 0 radical (unpaired) electrons. The minimum atomic E-state index is -0.914. The van der Waals surface area contributed by atoms with Crippen LogP contribution < -0.4 is 0 Å². The number of hydrogen-bond donors (Lipinski definition) is 1. The number of carboxylic acid groups (broad SMARTS) is 1. The molecule has 0 aliphatic rings. The second-order valence-electron chi connectivity index (χ2n) is 1.22. The Morgan fingerprint density at radius 3 is 2.62 bits per heavy atom. The van der Waals surface area contributed by atoms with Crippen molar-refractivity contribution < 1.29 is 11.3 Å². The Morgan fingerprint density at radius 2 is 2.25 bits per heavy atom. The van der Waals surface area contributed by atoms with Crippen molar-refractivity contribution in [2.75, 3.05) is 0 Å². The molecule has 0 aromatic heterocycles. The van der Waals surface area contributed by atoms with Gasteiger partial charge in [0.25, 0.3) is 0 Å². The number of carboxylic acids is 1. The van der Waals surface area contributed by atoms with Gasteiger partial charge in [0.2, 0.25) is 0 Å². The quantitative estimate of drug-likeness (QED) is 0.435. The van der Waals surface area contributed by atoms with Gasteiger partial charge in [-0.25, -0.2) is 4.79 Å². The molecule has 0 bridgehead atoms. The summed E-state index contributed by atoms with van der Waals surface area (Å²) in [6.07, 6.45) is 5.98. The van der Waals surface area contributed by atoms with Crippen LogP contribution in [-0.2, 0) is 4.79 Å². The Bertz CT molecular complexity index is 127. The third kappa shape index (κ3) is 4.95. The number of carbonyl (C=O) groups is 1. The summed E-state index contributed by atoms with van der Waals surface area (Å²) in [5.74, 6) is -0.914. The molecular formula is C6H10O2. The molecule has 2 heteroatoms. The van der Waals surface area contributed by atoms with Crippen molar-refractivity contribution in [3.8, 4) is 0 Å². The van der Waals surface area contributed by atoms with Gasteiger partial charge >= 0.3 is 5.97 Å². The normalized spacial score (nSPS) is 11.1. The number of rotatable bonds is 2. The molecule has 0 aromatic rings. The predicted octanol–water partition coefficient (Wildman–Crippen LogP) is 1.45. The largest absolute Gasteiger partial charge is 0.478 e. The second kappa shape index (κ2) is 4.12. The molecule has 0 saturated heterocycles. The van der Waals surface area contributed by atoms with Crippen LogP contribution in [0, 0.1) is 0 Å². The molecule has 0 unspecified atom stereocenters. The minimum absolute atomic E-state index is 0. The number of hydrogen-bond acceptors (Lipinski definition) is 1. The third-order valence-electron chi connectivity index (χ3n) is 0.542. The van der Waals surface area contributed by atoms with Crippen molar-refractivity contribution >= 4 is 5.97 Å². The summed E-state index contributed by atoms with van der Waals surface area (Å²) in [6.45, 7) is 1.83. The summed E-state index contributed by atoms with van der Waals surface area (Å²) < 4.78 is 0. The van der Waals surface area contributed by atoms with Gasteiger partial charge < -0.3 is 5.11 Å². The topological polar surface area (TPSA) is 37.3 Å². The highest BCUT2D eigenvalue weighted by Crippen LogP contribution is 1.74. The van der Waals surface area contributed by atoms with Gasteiger partial charge in [-0.2, -0.15) is 0 Å². The molecule has 0 spiro atoms. The second-order valence-corrected chi connectivity index (χ2v) is 1.22. The first-order valence-electron chi connectivity index (χ1n) is 2.29. The summed E-state index contributed by atoms with van der Waals surface area (Å²) in [6, 6.07) is 0. The molecule has 0 amide bonds. The molecule has 0 atom stereocenters. The third-order valence-corrected chi connectivity index (χ3v) is 0.542. The van der Waals surface area contributed by atoms with Crippen molar-refractivity contribution in [2.24, 2.45) is 0 Å². The molecule has 46 valence electrons. The Hall–Kier alpha value is -1.05. The minimum Gasteiger partial charge on any atom is -0.478 e. The summed E-state index contributed by atoms with van der Waals surface area (Å²) in [5.41, 5.74) is 0. The van der Waals surface area contributed by atoms with Crippen LogP contribution in [0.1, 0.15) is 8.35 Å². The molecule has 0 aliphatic heterocycles. The van der Waals surface area contributed by atoms with Crippen LogP contribution in [0.2, 0.25) is 0 Å².